The molecule has 0 saturated heterocycles. The standard InChI is InChI=1S/C13H18BrN5/c14-10-5-6-12-17-13(18-19(12)8-10)16-11(7-15)9-3-1-2-4-9/h5-6,8-9,11H,1-4,7,15H2,(H,16,18). The van der Waals surface area contributed by atoms with Gasteiger partial charge in [0, 0.05) is 23.3 Å². The summed E-state index contributed by atoms with van der Waals surface area (Å²) in [6.07, 6.45) is 7.05. The molecular formula is C13H18BrN5. The normalized spacial score (nSPS) is 18.0. The lowest BCUT2D eigenvalue weighted by molar-refractivity contribution is 0.460. The van der Waals surface area contributed by atoms with Gasteiger partial charge in [-0.2, -0.15) is 4.98 Å². The minimum absolute atomic E-state index is 0.281. The van der Waals surface area contributed by atoms with Crippen molar-refractivity contribution in [3.63, 3.8) is 0 Å². The average molecular weight is 324 g/mol. The van der Waals surface area contributed by atoms with Crippen LogP contribution in [-0.4, -0.2) is 27.2 Å². The van der Waals surface area contributed by atoms with E-state index in [1.807, 2.05) is 18.3 Å². The lowest BCUT2D eigenvalue weighted by atomic mass is 9.98. The number of pyridine rings is 1. The Hall–Kier alpha value is -1.14. The molecule has 0 spiro atoms. The van der Waals surface area contributed by atoms with Crippen LogP contribution in [0.3, 0.4) is 0 Å². The minimum Gasteiger partial charge on any atom is -0.349 e. The number of aromatic nitrogens is 3. The van der Waals surface area contributed by atoms with Crippen molar-refractivity contribution in [1.29, 1.82) is 0 Å². The predicted molar refractivity (Wildman–Crippen MR) is 79.1 cm³/mol. The highest BCUT2D eigenvalue weighted by Crippen LogP contribution is 2.28. The van der Waals surface area contributed by atoms with Gasteiger partial charge in [-0.1, -0.05) is 12.8 Å². The molecule has 2 aromatic rings. The van der Waals surface area contributed by atoms with E-state index in [9.17, 15) is 0 Å². The molecule has 0 bridgehead atoms. The van der Waals surface area contributed by atoms with Crippen molar-refractivity contribution in [2.45, 2.75) is 31.7 Å². The molecule has 3 rings (SSSR count). The van der Waals surface area contributed by atoms with Crippen molar-refractivity contribution in [2.75, 3.05) is 11.9 Å². The maximum absolute atomic E-state index is 5.89. The molecule has 6 heteroatoms. The van der Waals surface area contributed by atoms with E-state index in [0.29, 0.717) is 18.4 Å². The SMILES string of the molecule is NCC(Nc1nc2ccc(Br)cn2n1)C1CCCC1. The molecule has 1 aliphatic rings. The van der Waals surface area contributed by atoms with E-state index in [0.717, 1.165) is 10.1 Å². The van der Waals surface area contributed by atoms with E-state index < -0.39 is 0 Å². The fourth-order valence-electron chi connectivity index (χ4n) is 2.81. The van der Waals surface area contributed by atoms with Crippen LogP contribution in [0.1, 0.15) is 25.7 Å². The summed E-state index contributed by atoms with van der Waals surface area (Å²) in [6, 6.07) is 4.18. The number of nitrogens with one attached hydrogen (secondary N) is 1. The Balaban J connectivity index is 1.79. The molecule has 0 aliphatic heterocycles. The molecule has 1 fully saturated rings. The molecule has 0 aromatic carbocycles. The molecule has 2 aromatic heterocycles. The van der Waals surface area contributed by atoms with E-state index in [1.165, 1.54) is 25.7 Å². The third-order valence-electron chi connectivity index (χ3n) is 3.83. The molecule has 3 N–H and O–H groups in total. The van der Waals surface area contributed by atoms with E-state index in [1.54, 1.807) is 4.52 Å². The van der Waals surface area contributed by atoms with Gasteiger partial charge in [0.25, 0.3) is 0 Å². The Morgan fingerprint density at radius 3 is 2.95 bits per heavy atom. The summed E-state index contributed by atoms with van der Waals surface area (Å²) in [5.74, 6) is 1.32. The average Bonchev–Trinajstić information content (AvgIpc) is 3.04. The maximum Gasteiger partial charge on any atom is 0.243 e. The van der Waals surface area contributed by atoms with Gasteiger partial charge in [0.1, 0.15) is 0 Å². The van der Waals surface area contributed by atoms with Gasteiger partial charge >= 0.3 is 0 Å². The second-order valence-corrected chi connectivity index (χ2v) is 6.03. The van der Waals surface area contributed by atoms with Gasteiger partial charge in [-0.15, -0.1) is 5.10 Å². The van der Waals surface area contributed by atoms with Crippen LogP contribution in [0.5, 0.6) is 0 Å². The molecule has 0 amide bonds. The minimum atomic E-state index is 0.281. The monoisotopic (exact) mass is 323 g/mol. The number of hydrogen-bond acceptors (Lipinski definition) is 4. The van der Waals surface area contributed by atoms with E-state index >= 15 is 0 Å². The predicted octanol–water partition coefficient (Wildman–Crippen LogP) is 2.42. The summed E-state index contributed by atoms with van der Waals surface area (Å²) in [7, 11) is 0. The highest BCUT2D eigenvalue weighted by atomic mass is 79.9. The Morgan fingerprint density at radius 2 is 2.21 bits per heavy atom. The van der Waals surface area contributed by atoms with Gasteiger partial charge in [0.05, 0.1) is 0 Å². The molecule has 19 heavy (non-hydrogen) atoms. The smallest absolute Gasteiger partial charge is 0.243 e. The number of anilines is 1. The first-order valence-corrected chi connectivity index (χ1v) is 7.54. The fourth-order valence-corrected chi connectivity index (χ4v) is 3.14. The van der Waals surface area contributed by atoms with E-state index in [4.69, 9.17) is 5.73 Å². The Morgan fingerprint density at radius 1 is 1.42 bits per heavy atom. The van der Waals surface area contributed by atoms with Gasteiger partial charge in [-0.05, 0) is 46.8 Å². The van der Waals surface area contributed by atoms with Crippen LogP contribution >= 0.6 is 15.9 Å². The van der Waals surface area contributed by atoms with Crippen LogP contribution in [0, 0.1) is 5.92 Å². The Kier molecular flexibility index (Phi) is 3.70. The van der Waals surface area contributed by atoms with Crippen LogP contribution in [0.25, 0.3) is 5.65 Å². The van der Waals surface area contributed by atoms with Crippen molar-refractivity contribution >= 4 is 27.5 Å². The molecule has 0 radical (unpaired) electrons. The molecule has 1 unspecified atom stereocenters. The Labute approximate surface area is 120 Å². The maximum atomic E-state index is 5.89. The topological polar surface area (TPSA) is 68.2 Å². The summed E-state index contributed by atoms with van der Waals surface area (Å²) >= 11 is 3.43. The van der Waals surface area contributed by atoms with Gasteiger partial charge in [0.2, 0.25) is 5.95 Å². The molecule has 1 atom stereocenters. The highest BCUT2D eigenvalue weighted by Gasteiger charge is 2.24. The van der Waals surface area contributed by atoms with Crippen LogP contribution in [0.2, 0.25) is 0 Å². The molecule has 2 heterocycles. The quantitative estimate of drug-likeness (QED) is 0.906. The van der Waals surface area contributed by atoms with Gasteiger partial charge in [-0.25, -0.2) is 4.52 Å². The van der Waals surface area contributed by atoms with Crippen molar-refractivity contribution in [2.24, 2.45) is 11.7 Å². The van der Waals surface area contributed by atoms with E-state index in [-0.39, 0.29) is 6.04 Å². The van der Waals surface area contributed by atoms with Gasteiger partial charge in [-0.3, -0.25) is 0 Å². The first-order chi connectivity index (χ1) is 9.26. The van der Waals surface area contributed by atoms with Gasteiger partial charge in [0.15, 0.2) is 5.65 Å². The Bertz CT molecular complexity index is 561. The van der Waals surface area contributed by atoms with Crippen LogP contribution in [0.15, 0.2) is 22.8 Å². The third kappa shape index (κ3) is 2.74. The first-order valence-electron chi connectivity index (χ1n) is 6.75. The lowest BCUT2D eigenvalue weighted by Crippen LogP contribution is -2.35. The van der Waals surface area contributed by atoms with Crippen molar-refractivity contribution in [3.8, 4) is 0 Å². The summed E-state index contributed by atoms with van der Waals surface area (Å²) in [6.45, 7) is 0.629. The molecular weight excluding hydrogens is 306 g/mol. The number of rotatable bonds is 4. The number of fused-ring (bicyclic) bond motifs is 1. The zero-order valence-electron chi connectivity index (χ0n) is 10.7. The zero-order chi connectivity index (χ0) is 13.2. The van der Waals surface area contributed by atoms with Crippen LogP contribution in [0.4, 0.5) is 5.95 Å². The summed E-state index contributed by atoms with van der Waals surface area (Å²) in [4.78, 5) is 4.48. The number of nitrogens with two attached hydrogens (primary N) is 1. The molecule has 5 nitrogen and oxygen atoms in total. The van der Waals surface area contributed by atoms with Gasteiger partial charge < -0.3 is 11.1 Å². The second kappa shape index (κ2) is 5.46. The summed E-state index contributed by atoms with van der Waals surface area (Å²) in [5, 5.41) is 7.84. The molecule has 1 saturated carbocycles. The lowest BCUT2D eigenvalue weighted by Gasteiger charge is -2.22. The highest BCUT2D eigenvalue weighted by molar-refractivity contribution is 9.10. The van der Waals surface area contributed by atoms with Crippen molar-refractivity contribution in [1.82, 2.24) is 14.6 Å². The molecule has 1 aliphatic carbocycles. The third-order valence-corrected chi connectivity index (χ3v) is 4.30. The zero-order valence-corrected chi connectivity index (χ0v) is 12.3. The number of hydrogen-bond donors (Lipinski definition) is 2. The first kappa shape index (κ1) is 12.9. The summed E-state index contributed by atoms with van der Waals surface area (Å²) in [5.41, 5.74) is 6.73. The second-order valence-electron chi connectivity index (χ2n) is 5.12. The summed E-state index contributed by atoms with van der Waals surface area (Å²) < 4.78 is 2.76. The largest absolute Gasteiger partial charge is 0.349 e. The van der Waals surface area contributed by atoms with Crippen molar-refractivity contribution in [3.05, 3.63) is 22.8 Å². The number of halogens is 1. The number of nitrogens with zero attached hydrogens (tertiary/aromatic N) is 3. The van der Waals surface area contributed by atoms with Crippen LogP contribution < -0.4 is 11.1 Å². The van der Waals surface area contributed by atoms with E-state index in [2.05, 4.69) is 31.3 Å². The van der Waals surface area contributed by atoms with Crippen molar-refractivity contribution < 1.29 is 0 Å². The fraction of sp³-hybridized carbons (Fsp3) is 0.538. The van der Waals surface area contributed by atoms with Crippen LogP contribution in [-0.2, 0) is 0 Å². The molecule has 102 valence electrons.